The van der Waals surface area contributed by atoms with Gasteiger partial charge in [0, 0.05) is 49.0 Å². The first-order valence-electron chi connectivity index (χ1n) is 12.7. The molecule has 34 heavy (non-hydrogen) atoms. The molecule has 174 valence electrons. The minimum atomic E-state index is 0.179. The lowest BCUT2D eigenvalue weighted by Crippen LogP contribution is -2.46. The quantitative estimate of drug-likeness (QED) is 0.605. The summed E-state index contributed by atoms with van der Waals surface area (Å²) in [6.45, 7) is 4.73. The molecule has 2 atom stereocenters. The van der Waals surface area contributed by atoms with Crippen molar-refractivity contribution in [3.05, 3.63) is 89.1 Å². The van der Waals surface area contributed by atoms with Crippen molar-refractivity contribution in [2.45, 2.75) is 50.9 Å². The van der Waals surface area contributed by atoms with Gasteiger partial charge in [0.15, 0.2) is 0 Å². The Hall–Kier alpha value is -3.02. The molecule has 1 aromatic heterocycles. The molecule has 5 nitrogen and oxygen atoms in total. The molecule has 4 heterocycles. The molecule has 6 rings (SSSR count). The molecule has 3 aliphatic heterocycles. The number of hydrogen-bond acceptors (Lipinski definition) is 4. The van der Waals surface area contributed by atoms with Gasteiger partial charge in [-0.3, -0.25) is 14.7 Å². The second-order valence-corrected chi connectivity index (χ2v) is 9.89. The van der Waals surface area contributed by atoms with Crippen molar-refractivity contribution in [1.29, 1.82) is 0 Å². The third kappa shape index (κ3) is 4.15. The second kappa shape index (κ2) is 9.32. The average molecular weight is 453 g/mol. The SMILES string of the molecule is O=C1c2ccc(-c3cc(CN4CCC[C@H]4c4ccccc4)ccn3)cc2CN1C1CCCNC1. The number of amides is 1. The third-order valence-corrected chi connectivity index (χ3v) is 7.70. The molecule has 2 aromatic carbocycles. The summed E-state index contributed by atoms with van der Waals surface area (Å²) in [5.74, 6) is 0.179. The van der Waals surface area contributed by atoms with Gasteiger partial charge in [0.2, 0.25) is 0 Å². The molecule has 3 aromatic rings. The highest BCUT2D eigenvalue weighted by molar-refractivity contribution is 5.99. The van der Waals surface area contributed by atoms with E-state index in [-0.39, 0.29) is 5.91 Å². The molecule has 0 saturated carbocycles. The van der Waals surface area contributed by atoms with E-state index in [0.29, 0.717) is 18.6 Å². The highest BCUT2D eigenvalue weighted by Gasteiger charge is 2.33. The lowest BCUT2D eigenvalue weighted by atomic mass is 10.0. The fourth-order valence-electron chi connectivity index (χ4n) is 5.93. The Balaban J connectivity index is 1.20. The summed E-state index contributed by atoms with van der Waals surface area (Å²) in [5.41, 5.74) is 6.77. The number of nitrogens with one attached hydrogen (secondary N) is 1. The zero-order valence-corrected chi connectivity index (χ0v) is 19.6. The number of carbonyl (C=O) groups excluding carboxylic acids is 1. The van der Waals surface area contributed by atoms with E-state index in [1.165, 1.54) is 24.0 Å². The minimum absolute atomic E-state index is 0.179. The largest absolute Gasteiger partial charge is 0.330 e. The van der Waals surface area contributed by atoms with Gasteiger partial charge in [0.25, 0.3) is 5.91 Å². The number of carbonyl (C=O) groups is 1. The predicted molar refractivity (Wildman–Crippen MR) is 134 cm³/mol. The molecule has 2 saturated heterocycles. The Bertz CT molecular complexity index is 1170. The molecule has 0 aliphatic carbocycles. The van der Waals surface area contributed by atoms with Gasteiger partial charge in [-0.05, 0) is 79.7 Å². The van der Waals surface area contributed by atoms with Gasteiger partial charge in [-0.25, -0.2) is 0 Å². The zero-order chi connectivity index (χ0) is 22.9. The number of likely N-dealkylation sites (tertiary alicyclic amines) is 1. The van der Waals surface area contributed by atoms with E-state index < -0.39 is 0 Å². The van der Waals surface area contributed by atoms with Crippen LogP contribution in [-0.2, 0) is 13.1 Å². The van der Waals surface area contributed by atoms with E-state index in [9.17, 15) is 4.79 Å². The topological polar surface area (TPSA) is 48.5 Å². The van der Waals surface area contributed by atoms with Crippen LogP contribution in [0.2, 0.25) is 0 Å². The number of hydrogen-bond donors (Lipinski definition) is 1. The lowest BCUT2D eigenvalue weighted by molar-refractivity contribution is 0.0674. The van der Waals surface area contributed by atoms with Crippen molar-refractivity contribution >= 4 is 5.91 Å². The van der Waals surface area contributed by atoms with Crippen LogP contribution in [0.15, 0.2) is 66.9 Å². The number of pyridine rings is 1. The molecule has 5 heteroatoms. The number of fused-ring (bicyclic) bond motifs is 1. The van der Waals surface area contributed by atoms with E-state index in [1.54, 1.807) is 0 Å². The number of piperidine rings is 1. The molecule has 3 aliphatic rings. The van der Waals surface area contributed by atoms with Crippen LogP contribution in [-0.4, -0.2) is 46.4 Å². The fourth-order valence-corrected chi connectivity index (χ4v) is 5.93. The highest BCUT2D eigenvalue weighted by atomic mass is 16.2. The summed E-state index contributed by atoms with van der Waals surface area (Å²) in [7, 11) is 0. The molecule has 1 amide bonds. The summed E-state index contributed by atoms with van der Waals surface area (Å²) < 4.78 is 0. The Morgan fingerprint density at radius 1 is 1.00 bits per heavy atom. The number of aromatic nitrogens is 1. The van der Waals surface area contributed by atoms with E-state index in [1.807, 2.05) is 12.3 Å². The minimum Gasteiger partial charge on any atom is -0.330 e. The molecular formula is C29H32N4O. The third-order valence-electron chi connectivity index (χ3n) is 7.70. The zero-order valence-electron chi connectivity index (χ0n) is 19.6. The van der Waals surface area contributed by atoms with Crippen LogP contribution in [0.5, 0.6) is 0 Å². The van der Waals surface area contributed by atoms with Crippen LogP contribution in [0.4, 0.5) is 0 Å². The van der Waals surface area contributed by atoms with E-state index in [2.05, 4.69) is 74.7 Å². The van der Waals surface area contributed by atoms with Crippen molar-refractivity contribution < 1.29 is 4.79 Å². The summed E-state index contributed by atoms with van der Waals surface area (Å²) in [6.07, 6.45) is 6.60. The first-order chi connectivity index (χ1) is 16.8. The standard InChI is InChI=1S/C29H32N4O/c34-29-26-11-10-23(17-24(26)20-33(29)25-8-4-13-30-18-25)27-16-21(12-14-31-27)19-32-15-5-9-28(32)22-6-2-1-3-7-22/h1-3,6-7,10-12,14,16-17,25,28,30H,4-5,8-9,13,15,18-20H2/t25?,28-/m0/s1. The maximum Gasteiger partial charge on any atom is 0.254 e. The summed E-state index contributed by atoms with van der Waals surface area (Å²) in [6, 6.07) is 22.3. The van der Waals surface area contributed by atoms with Crippen LogP contribution in [0, 0.1) is 0 Å². The molecule has 0 bridgehead atoms. The predicted octanol–water partition coefficient (Wildman–Crippen LogP) is 4.79. The van der Waals surface area contributed by atoms with Crippen molar-refractivity contribution in [2.75, 3.05) is 19.6 Å². The van der Waals surface area contributed by atoms with Gasteiger partial charge in [0.1, 0.15) is 0 Å². The second-order valence-electron chi connectivity index (χ2n) is 9.89. The normalized spacial score (nSPS) is 22.8. The number of benzene rings is 2. The van der Waals surface area contributed by atoms with Gasteiger partial charge in [-0.15, -0.1) is 0 Å². The van der Waals surface area contributed by atoms with E-state index in [0.717, 1.165) is 61.4 Å². The lowest BCUT2D eigenvalue weighted by Gasteiger charge is -2.31. The first-order valence-corrected chi connectivity index (χ1v) is 12.7. The maximum atomic E-state index is 13.0. The van der Waals surface area contributed by atoms with Crippen LogP contribution in [0.3, 0.4) is 0 Å². The molecular weight excluding hydrogens is 420 g/mol. The maximum absolute atomic E-state index is 13.0. The number of nitrogens with zero attached hydrogens (tertiary/aromatic N) is 3. The number of rotatable bonds is 5. The van der Waals surface area contributed by atoms with Crippen molar-refractivity contribution in [2.24, 2.45) is 0 Å². The Labute approximate surface area is 201 Å². The van der Waals surface area contributed by atoms with Crippen LogP contribution >= 0.6 is 0 Å². The van der Waals surface area contributed by atoms with Crippen molar-refractivity contribution in [3.8, 4) is 11.3 Å². The molecule has 1 N–H and O–H groups in total. The summed E-state index contributed by atoms with van der Waals surface area (Å²) in [4.78, 5) is 22.3. The van der Waals surface area contributed by atoms with E-state index >= 15 is 0 Å². The Morgan fingerprint density at radius 3 is 2.76 bits per heavy atom. The molecule has 1 unspecified atom stereocenters. The summed E-state index contributed by atoms with van der Waals surface area (Å²) in [5, 5.41) is 3.44. The van der Waals surface area contributed by atoms with Crippen molar-refractivity contribution in [3.63, 3.8) is 0 Å². The highest BCUT2D eigenvalue weighted by Crippen LogP contribution is 2.34. The first kappa shape index (κ1) is 21.5. The Morgan fingerprint density at radius 2 is 1.91 bits per heavy atom. The summed E-state index contributed by atoms with van der Waals surface area (Å²) >= 11 is 0. The monoisotopic (exact) mass is 452 g/mol. The smallest absolute Gasteiger partial charge is 0.254 e. The van der Waals surface area contributed by atoms with Crippen LogP contribution in [0.25, 0.3) is 11.3 Å². The average Bonchev–Trinajstić information content (AvgIpc) is 3.49. The van der Waals surface area contributed by atoms with Crippen LogP contribution in [0.1, 0.15) is 58.8 Å². The van der Waals surface area contributed by atoms with Gasteiger partial charge in [-0.2, -0.15) is 0 Å². The van der Waals surface area contributed by atoms with Crippen molar-refractivity contribution in [1.82, 2.24) is 20.1 Å². The van der Waals surface area contributed by atoms with Gasteiger partial charge in [0.05, 0.1) is 5.69 Å². The van der Waals surface area contributed by atoms with Gasteiger partial charge >= 0.3 is 0 Å². The Kier molecular flexibility index (Phi) is 5.90. The molecule has 0 spiro atoms. The fraction of sp³-hybridized carbons (Fsp3) is 0.379. The van der Waals surface area contributed by atoms with Crippen LogP contribution < -0.4 is 5.32 Å². The van der Waals surface area contributed by atoms with E-state index in [4.69, 9.17) is 0 Å². The molecule has 0 radical (unpaired) electrons. The van der Waals surface area contributed by atoms with Gasteiger partial charge < -0.3 is 10.2 Å². The van der Waals surface area contributed by atoms with Gasteiger partial charge in [-0.1, -0.05) is 36.4 Å². The molecule has 2 fully saturated rings.